The van der Waals surface area contributed by atoms with Crippen molar-refractivity contribution in [3.63, 3.8) is 0 Å². The molecule has 1 fully saturated rings. The molecule has 1 aromatic carbocycles. The average molecular weight is 489 g/mol. The zero-order valence-electron chi connectivity index (χ0n) is 18.3. The van der Waals surface area contributed by atoms with Gasteiger partial charge in [0.05, 0.1) is 41.9 Å². The quantitative estimate of drug-likeness (QED) is 0.451. The summed E-state index contributed by atoms with van der Waals surface area (Å²) in [4.78, 5) is 26.4. The van der Waals surface area contributed by atoms with Gasteiger partial charge in [0, 0.05) is 24.3 Å². The van der Waals surface area contributed by atoms with Crippen LogP contribution in [-0.2, 0) is 4.79 Å². The number of nitrogens with one attached hydrogen (secondary N) is 2. The molecule has 1 aliphatic heterocycles. The number of rotatable bonds is 6. The molecule has 2 aromatic heterocycles. The Bertz CT molecular complexity index is 1190. The summed E-state index contributed by atoms with van der Waals surface area (Å²) in [6.45, 7) is 3.28. The van der Waals surface area contributed by atoms with Crippen molar-refractivity contribution < 1.29 is 14.6 Å². The summed E-state index contributed by atoms with van der Waals surface area (Å²) < 4.78 is 5.49. The minimum absolute atomic E-state index is 0. The number of amides is 1. The average Bonchev–Trinajstić information content (AvgIpc) is 3.23. The van der Waals surface area contributed by atoms with E-state index in [0.717, 1.165) is 30.0 Å². The lowest BCUT2D eigenvalue weighted by atomic mass is 10.1. The normalized spacial score (nSPS) is 13.9. The number of piperidine rings is 1. The number of benzene rings is 1. The topological polar surface area (TPSA) is 127 Å². The highest BCUT2D eigenvalue weighted by Crippen LogP contribution is 2.33. The number of methoxy groups -OCH3 is 1. The van der Waals surface area contributed by atoms with Crippen molar-refractivity contribution >= 4 is 52.5 Å². The lowest BCUT2D eigenvalue weighted by Gasteiger charge is -2.32. The Morgan fingerprint density at radius 2 is 2.18 bits per heavy atom. The lowest BCUT2D eigenvalue weighted by molar-refractivity contribution is -0.113. The molecule has 1 amide bonds. The molecule has 3 aromatic rings. The first-order chi connectivity index (χ1) is 15.5. The van der Waals surface area contributed by atoms with Crippen molar-refractivity contribution in [3.8, 4) is 11.8 Å². The minimum Gasteiger partial charge on any atom is -0.495 e. The van der Waals surface area contributed by atoms with Crippen LogP contribution < -0.4 is 15.0 Å². The Balaban J connectivity index is 0.00000306. The number of carbonyl (C=O) groups excluding carboxylic acids is 1. The number of thioether (sulfide) groups is 1. The van der Waals surface area contributed by atoms with Gasteiger partial charge in [0.25, 0.3) is 0 Å². The number of carbonyl (C=O) groups is 1. The van der Waals surface area contributed by atoms with Crippen molar-refractivity contribution in [1.29, 1.82) is 5.26 Å². The van der Waals surface area contributed by atoms with E-state index in [2.05, 4.69) is 31.2 Å². The second-order valence-electron chi connectivity index (χ2n) is 7.59. The maximum absolute atomic E-state index is 12.5. The zero-order valence-corrected chi connectivity index (χ0v) is 19.9. The maximum atomic E-state index is 12.5. The van der Waals surface area contributed by atoms with E-state index in [1.807, 2.05) is 18.2 Å². The number of hydrogen-bond acceptors (Lipinski definition) is 8. The molecule has 9 nitrogen and oxygen atoms in total. The highest BCUT2D eigenvalue weighted by atomic mass is 35.5. The third-order valence-electron chi connectivity index (χ3n) is 5.46. The van der Waals surface area contributed by atoms with Gasteiger partial charge in [-0.1, -0.05) is 11.8 Å². The molecule has 11 heteroatoms. The van der Waals surface area contributed by atoms with E-state index in [1.165, 1.54) is 11.8 Å². The number of nitriles is 1. The van der Waals surface area contributed by atoms with Gasteiger partial charge in [-0.2, -0.15) is 5.26 Å². The molecule has 0 bridgehead atoms. The number of aliphatic hydroxyl groups excluding tert-OH is 1. The molecule has 0 atom stereocenters. The summed E-state index contributed by atoms with van der Waals surface area (Å²) in [7, 11) is 1.62. The van der Waals surface area contributed by atoms with E-state index in [9.17, 15) is 9.90 Å². The van der Waals surface area contributed by atoms with Crippen LogP contribution in [0.4, 0.5) is 11.4 Å². The maximum Gasteiger partial charge on any atom is 0.234 e. The Hall–Kier alpha value is -3.00. The fourth-order valence-corrected chi connectivity index (χ4v) is 4.39. The molecular formula is C22H25ClN6O3S. The van der Waals surface area contributed by atoms with Gasteiger partial charge in [-0.05, 0) is 38.0 Å². The van der Waals surface area contributed by atoms with Gasteiger partial charge in [-0.3, -0.25) is 4.79 Å². The number of H-pyrrole nitrogens is 1. The van der Waals surface area contributed by atoms with Crippen LogP contribution in [-0.4, -0.2) is 58.0 Å². The number of hydrogen-bond donors (Lipinski definition) is 3. The fourth-order valence-electron chi connectivity index (χ4n) is 3.72. The van der Waals surface area contributed by atoms with Gasteiger partial charge in [-0.15, -0.1) is 12.4 Å². The van der Waals surface area contributed by atoms with Gasteiger partial charge in [0.1, 0.15) is 17.5 Å². The molecule has 174 valence electrons. The minimum atomic E-state index is -0.263. The van der Waals surface area contributed by atoms with Crippen LogP contribution in [0.15, 0.2) is 29.6 Å². The Morgan fingerprint density at radius 1 is 1.42 bits per heavy atom. The van der Waals surface area contributed by atoms with E-state index >= 15 is 0 Å². The number of imidazole rings is 1. The van der Waals surface area contributed by atoms with Crippen molar-refractivity contribution in [2.45, 2.75) is 31.0 Å². The van der Waals surface area contributed by atoms with Crippen molar-refractivity contribution in [2.75, 3.05) is 36.2 Å². The highest BCUT2D eigenvalue weighted by molar-refractivity contribution is 7.99. The third-order valence-corrected chi connectivity index (χ3v) is 6.33. The standard InChI is InChI=1S/C22H24N6O3S.ClH/c1-13-16(10-23)24-11-17-21(13)27-22(26-17)32-12-20(30)25-14-3-4-19(31-2)18(9-14)28-7-5-15(29)6-8-28;/h3-4,9,11,15,29H,5-8,12H2,1-2H3,(H,25,30)(H,26,27);1H. The Labute approximate surface area is 202 Å². The first-order valence-corrected chi connectivity index (χ1v) is 11.3. The highest BCUT2D eigenvalue weighted by Gasteiger charge is 2.20. The third kappa shape index (κ3) is 5.50. The van der Waals surface area contributed by atoms with Gasteiger partial charge in [0.2, 0.25) is 5.91 Å². The number of aliphatic hydroxyl groups is 1. The summed E-state index contributed by atoms with van der Waals surface area (Å²) in [5.74, 6) is 0.749. The van der Waals surface area contributed by atoms with Crippen LogP contribution in [0.25, 0.3) is 11.0 Å². The van der Waals surface area contributed by atoms with Crippen LogP contribution in [0.1, 0.15) is 24.1 Å². The monoisotopic (exact) mass is 488 g/mol. The molecule has 33 heavy (non-hydrogen) atoms. The number of nitrogens with zero attached hydrogens (tertiary/aromatic N) is 4. The number of aromatic amines is 1. The largest absolute Gasteiger partial charge is 0.495 e. The SMILES string of the molecule is COc1ccc(NC(=O)CSc2nc3c(C)c(C#N)ncc3[nH]2)cc1N1CCC(O)CC1.Cl. The van der Waals surface area contributed by atoms with Gasteiger partial charge in [-0.25, -0.2) is 9.97 Å². The second-order valence-corrected chi connectivity index (χ2v) is 8.55. The van der Waals surface area contributed by atoms with Crippen LogP contribution in [0.3, 0.4) is 0 Å². The molecule has 0 saturated carbocycles. The van der Waals surface area contributed by atoms with Crippen molar-refractivity contribution in [1.82, 2.24) is 15.0 Å². The molecule has 3 heterocycles. The van der Waals surface area contributed by atoms with Gasteiger partial charge >= 0.3 is 0 Å². The van der Waals surface area contributed by atoms with E-state index in [0.29, 0.717) is 40.5 Å². The van der Waals surface area contributed by atoms with Crippen LogP contribution >= 0.6 is 24.2 Å². The number of anilines is 2. The summed E-state index contributed by atoms with van der Waals surface area (Å²) in [6, 6.07) is 7.60. The van der Waals surface area contributed by atoms with Crippen LogP contribution in [0.2, 0.25) is 0 Å². The number of halogens is 1. The number of ether oxygens (including phenoxy) is 1. The smallest absolute Gasteiger partial charge is 0.234 e. The first kappa shape index (κ1) is 24.6. The van der Waals surface area contributed by atoms with Gasteiger partial charge < -0.3 is 25.0 Å². The Kier molecular flexibility index (Phi) is 8.02. The van der Waals surface area contributed by atoms with E-state index < -0.39 is 0 Å². The fraction of sp³-hybridized carbons (Fsp3) is 0.364. The lowest BCUT2D eigenvalue weighted by Crippen LogP contribution is -2.36. The van der Waals surface area contributed by atoms with E-state index in [4.69, 9.17) is 10.00 Å². The number of fused-ring (bicyclic) bond motifs is 1. The zero-order chi connectivity index (χ0) is 22.7. The predicted molar refractivity (Wildman–Crippen MR) is 130 cm³/mol. The molecule has 3 N–H and O–H groups in total. The van der Waals surface area contributed by atoms with E-state index in [-0.39, 0.29) is 30.2 Å². The molecule has 1 aliphatic rings. The Morgan fingerprint density at radius 3 is 2.88 bits per heavy atom. The number of aryl methyl sites for hydroxylation is 1. The summed E-state index contributed by atoms with van der Waals surface area (Å²) >= 11 is 1.28. The van der Waals surface area contributed by atoms with E-state index in [1.54, 1.807) is 20.2 Å². The number of pyridine rings is 1. The molecule has 0 spiro atoms. The predicted octanol–water partition coefficient (Wildman–Crippen LogP) is 3.26. The summed E-state index contributed by atoms with van der Waals surface area (Å²) in [6.07, 6.45) is 2.73. The van der Waals surface area contributed by atoms with Crippen LogP contribution in [0.5, 0.6) is 5.75 Å². The molecule has 0 aliphatic carbocycles. The molecule has 4 rings (SSSR count). The van der Waals surface area contributed by atoms with Gasteiger partial charge in [0.15, 0.2) is 5.16 Å². The van der Waals surface area contributed by atoms with Crippen molar-refractivity contribution in [3.05, 3.63) is 35.7 Å². The molecular weight excluding hydrogens is 464 g/mol. The number of aromatic nitrogens is 3. The molecule has 0 radical (unpaired) electrons. The first-order valence-electron chi connectivity index (χ1n) is 10.3. The molecule has 0 unspecified atom stereocenters. The summed E-state index contributed by atoms with van der Waals surface area (Å²) in [5, 5.41) is 22.4. The van der Waals surface area contributed by atoms with Crippen LogP contribution in [0, 0.1) is 18.3 Å². The second kappa shape index (κ2) is 10.7. The van der Waals surface area contributed by atoms with Crippen molar-refractivity contribution in [2.24, 2.45) is 0 Å². The molecule has 1 saturated heterocycles. The summed E-state index contributed by atoms with van der Waals surface area (Å²) in [5.41, 5.74) is 4.06.